The highest BCUT2D eigenvalue weighted by atomic mass is 16.2. The quantitative estimate of drug-likeness (QED) is 0.862. The third-order valence-corrected chi connectivity index (χ3v) is 5.56. The smallest absolute Gasteiger partial charge is 0.324 e. The molecular weight excluding hydrogens is 352 g/mol. The van der Waals surface area contributed by atoms with Crippen LogP contribution in [-0.2, 0) is 11.2 Å². The van der Waals surface area contributed by atoms with Crippen LogP contribution >= 0.6 is 0 Å². The molecule has 1 N–H and O–H groups in total. The highest BCUT2D eigenvalue weighted by molar-refractivity contribution is 5.94. The predicted octanol–water partition coefficient (Wildman–Crippen LogP) is 3.76. The van der Waals surface area contributed by atoms with Crippen LogP contribution in [0.5, 0.6) is 0 Å². The zero-order chi connectivity index (χ0) is 19.5. The van der Waals surface area contributed by atoms with Gasteiger partial charge in [-0.25, -0.2) is 9.78 Å². The lowest BCUT2D eigenvalue weighted by Crippen LogP contribution is -2.38. The first-order chi connectivity index (χ1) is 13.6. The van der Waals surface area contributed by atoms with Crippen molar-refractivity contribution in [1.29, 1.82) is 0 Å². The lowest BCUT2D eigenvalue weighted by molar-refractivity contribution is -0.115. The molecule has 1 aliphatic heterocycles. The average Bonchev–Trinajstić information content (AvgIpc) is 3.32. The minimum atomic E-state index is -0.0789. The topological polar surface area (TPSA) is 65.5 Å². The van der Waals surface area contributed by atoms with E-state index in [0.29, 0.717) is 30.5 Å². The van der Waals surface area contributed by atoms with E-state index in [9.17, 15) is 9.59 Å². The van der Waals surface area contributed by atoms with Gasteiger partial charge in [-0.05, 0) is 37.5 Å². The zero-order valence-electron chi connectivity index (χ0n) is 16.2. The summed E-state index contributed by atoms with van der Waals surface area (Å²) in [7, 11) is 0. The lowest BCUT2D eigenvalue weighted by atomic mass is 10.1. The molecule has 1 aromatic heterocycles. The van der Waals surface area contributed by atoms with Gasteiger partial charge in [0.15, 0.2) is 0 Å². The van der Waals surface area contributed by atoms with Gasteiger partial charge in [0.2, 0.25) is 5.91 Å². The maximum Gasteiger partial charge on any atom is 0.326 e. The van der Waals surface area contributed by atoms with Crippen molar-refractivity contribution in [3.63, 3.8) is 0 Å². The van der Waals surface area contributed by atoms with Gasteiger partial charge >= 0.3 is 6.03 Å². The second-order valence-corrected chi connectivity index (χ2v) is 7.68. The number of carbonyl (C=O) groups excluding carboxylic acids is 2. The highest BCUT2D eigenvalue weighted by Crippen LogP contribution is 2.28. The van der Waals surface area contributed by atoms with E-state index >= 15 is 0 Å². The summed E-state index contributed by atoms with van der Waals surface area (Å²) in [4.78, 5) is 33.1. The van der Waals surface area contributed by atoms with Crippen LogP contribution in [0.15, 0.2) is 42.6 Å². The van der Waals surface area contributed by atoms with Gasteiger partial charge in [-0.15, -0.1) is 0 Å². The maximum atomic E-state index is 12.7. The van der Waals surface area contributed by atoms with Crippen molar-refractivity contribution in [3.8, 4) is 0 Å². The Labute approximate surface area is 165 Å². The van der Waals surface area contributed by atoms with Crippen molar-refractivity contribution in [2.24, 2.45) is 0 Å². The highest BCUT2D eigenvalue weighted by Gasteiger charge is 2.36. The molecule has 2 aliphatic rings. The summed E-state index contributed by atoms with van der Waals surface area (Å²) in [6.45, 7) is 3.44. The fraction of sp³-hybridized carbons (Fsp3) is 0.409. The molecule has 2 fully saturated rings. The molecule has 0 atom stereocenters. The Hall–Kier alpha value is -2.89. The van der Waals surface area contributed by atoms with Crippen LogP contribution in [0.25, 0.3) is 0 Å². The summed E-state index contributed by atoms with van der Waals surface area (Å²) in [6, 6.07) is 12.0. The summed E-state index contributed by atoms with van der Waals surface area (Å²) < 4.78 is 0. The average molecular weight is 378 g/mol. The van der Waals surface area contributed by atoms with Crippen LogP contribution in [0, 0.1) is 6.92 Å². The number of urea groups is 1. The Balaban J connectivity index is 1.36. The number of nitrogens with one attached hydrogen (secondary N) is 1. The van der Waals surface area contributed by atoms with Gasteiger partial charge in [0.05, 0.1) is 18.3 Å². The number of pyridine rings is 1. The van der Waals surface area contributed by atoms with Crippen LogP contribution < -0.4 is 10.2 Å². The van der Waals surface area contributed by atoms with E-state index in [-0.39, 0.29) is 11.9 Å². The van der Waals surface area contributed by atoms with Crippen molar-refractivity contribution >= 4 is 23.4 Å². The molecule has 0 spiro atoms. The van der Waals surface area contributed by atoms with Crippen molar-refractivity contribution in [2.45, 2.75) is 45.1 Å². The number of hydrogen-bond donors (Lipinski definition) is 1. The molecule has 1 aliphatic carbocycles. The number of anilines is 2. The summed E-state index contributed by atoms with van der Waals surface area (Å²) in [5, 5.41) is 2.88. The van der Waals surface area contributed by atoms with Crippen LogP contribution in [0.3, 0.4) is 0 Å². The van der Waals surface area contributed by atoms with E-state index in [1.165, 1.54) is 12.8 Å². The van der Waals surface area contributed by atoms with E-state index in [1.54, 1.807) is 17.2 Å². The zero-order valence-corrected chi connectivity index (χ0v) is 16.2. The third kappa shape index (κ3) is 4.01. The minimum Gasteiger partial charge on any atom is -0.324 e. The molecule has 0 unspecified atom stereocenters. The van der Waals surface area contributed by atoms with Crippen LogP contribution in [0.2, 0.25) is 0 Å². The molecule has 28 heavy (non-hydrogen) atoms. The summed E-state index contributed by atoms with van der Waals surface area (Å²) >= 11 is 0. The third-order valence-electron chi connectivity index (χ3n) is 5.56. The van der Waals surface area contributed by atoms with Gasteiger partial charge in [-0.3, -0.25) is 9.69 Å². The summed E-state index contributed by atoms with van der Waals surface area (Å²) in [6.07, 6.45) is 6.59. The van der Waals surface area contributed by atoms with E-state index in [2.05, 4.69) is 10.3 Å². The Bertz CT molecular complexity index is 859. The molecule has 4 rings (SSSR count). The van der Waals surface area contributed by atoms with E-state index < -0.39 is 0 Å². The first kappa shape index (κ1) is 18.5. The molecule has 6 heteroatoms. The predicted molar refractivity (Wildman–Crippen MR) is 109 cm³/mol. The van der Waals surface area contributed by atoms with Crippen LogP contribution in [0.4, 0.5) is 16.3 Å². The van der Waals surface area contributed by atoms with Gasteiger partial charge in [-0.2, -0.15) is 0 Å². The van der Waals surface area contributed by atoms with Crippen molar-refractivity contribution in [2.75, 3.05) is 23.3 Å². The fourth-order valence-electron chi connectivity index (χ4n) is 4.15. The number of hydrogen-bond acceptors (Lipinski definition) is 3. The first-order valence-electron chi connectivity index (χ1n) is 10.00. The molecule has 3 amide bonds. The number of nitrogens with zero attached hydrogens (tertiary/aromatic N) is 3. The molecule has 6 nitrogen and oxygen atoms in total. The Morgan fingerprint density at radius 2 is 2.00 bits per heavy atom. The second-order valence-electron chi connectivity index (χ2n) is 7.68. The molecule has 0 bridgehead atoms. The SMILES string of the molecule is Cc1cccc(CC(=O)Nc2ccc(N3CCN(C4CCCC4)C3=O)nc2)c1. The van der Waals surface area contributed by atoms with E-state index in [1.807, 2.05) is 42.2 Å². The second kappa shape index (κ2) is 8.00. The van der Waals surface area contributed by atoms with E-state index in [4.69, 9.17) is 0 Å². The molecule has 2 aromatic rings. The monoisotopic (exact) mass is 378 g/mol. The molecule has 1 aromatic carbocycles. The minimum absolute atomic E-state index is 0.0515. The Morgan fingerprint density at radius 1 is 1.18 bits per heavy atom. The largest absolute Gasteiger partial charge is 0.326 e. The number of aromatic nitrogens is 1. The number of carbonyl (C=O) groups is 2. The fourth-order valence-corrected chi connectivity index (χ4v) is 4.15. The number of amides is 3. The van der Waals surface area contributed by atoms with Gasteiger partial charge < -0.3 is 10.2 Å². The maximum absolute atomic E-state index is 12.7. The van der Waals surface area contributed by atoms with E-state index in [0.717, 1.165) is 30.5 Å². The van der Waals surface area contributed by atoms with Crippen LogP contribution in [0.1, 0.15) is 36.8 Å². The Morgan fingerprint density at radius 3 is 2.71 bits per heavy atom. The standard InChI is InChI=1S/C22H26N4O2/c1-16-5-4-6-17(13-16)14-21(27)24-18-9-10-20(23-15-18)26-12-11-25(22(26)28)19-7-2-3-8-19/h4-6,9-10,13,15,19H,2-3,7-8,11-12,14H2,1H3,(H,24,27). The molecule has 2 heterocycles. The summed E-state index contributed by atoms with van der Waals surface area (Å²) in [5.74, 6) is 0.562. The number of aryl methyl sites for hydroxylation is 1. The molecular formula is C22H26N4O2. The first-order valence-corrected chi connectivity index (χ1v) is 10.00. The summed E-state index contributed by atoms with van der Waals surface area (Å²) in [5.41, 5.74) is 2.76. The number of benzene rings is 1. The van der Waals surface area contributed by atoms with Crippen molar-refractivity contribution in [3.05, 3.63) is 53.7 Å². The molecule has 1 saturated heterocycles. The van der Waals surface area contributed by atoms with Gasteiger partial charge in [0.25, 0.3) is 0 Å². The Kier molecular flexibility index (Phi) is 5.28. The molecule has 146 valence electrons. The lowest BCUT2D eigenvalue weighted by Gasteiger charge is -2.23. The van der Waals surface area contributed by atoms with Crippen molar-refractivity contribution in [1.82, 2.24) is 9.88 Å². The van der Waals surface area contributed by atoms with Gasteiger partial charge in [0, 0.05) is 19.1 Å². The normalized spacial score (nSPS) is 17.4. The number of rotatable bonds is 5. The van der Waals surface area contributed by atoms with Crippen molar-refractivity contribution < 1.29 is 9.59 Å². The van der Waals surface area contributed by atoms with Gasteiger partial charge in [0.1, 0.15) is 5.82 Å². The van der Waals surface area contributed by atoms with Crippen LogP contribution in [-0.4, -0.2) is 41.0 Å². The van der Waals surface area contributed by atoms with Gasteiger partial charge in [-0.1, -0.05) is 42.7 Å². The molecule has 0 radical (unpaired) electrons. The molecule has 1 saturated carbocycles.